The average molecular weight is 421 g/mol. The lowest BCUT2D eigenvalue weighted by atomic mass is 10.00. The fourth-order valence-corrected chi connectivity index (χ4v) is 4.72. The van der Waals surface area contributed by atoms with Crippen LogP contribution in [-0.2, 0) is 0 Å². The van der Waals surface area contributed by atoms with Crippen LogP contribution in [0.15, 0.2) is 45.4 Å². The minimum Gasteiger partial charge on any atom is -0.421 e. The largest absolute Gasteiger partial charge is 0.421 e. The number of fused-ring (bicyclic) bond motifs is 1. The fraction of sp³-hybridized carbons (Fsp3) is 0.409. The third-order valence-electron chi connectivity index (χ3n) is 6.11. The summed E-state index contributed by atoms with van der Waals surface area (Å²) in [6.45, 7) is 3.99. The van der Waals surface area contributed by atoms with Crippen LogP contribution < -0.4 is 11.1 Å². The van der Waals surface area contributed by atoms with E-state index in [1.807, 2.05) is 24.3 Å². The fourth-order valence-electron chi connectivity index (χ4n) is 4.72. The number of hydrogen-bond acceptors (Lipinski definition) is 7. The van der Waals surface area contributed by atoms with Gasteiger partial charge in [-0.1, -0.05) is 12.1 Å². The molecule has 2 fully saturated rings. The molecule has 1 aliphatic carbocycles. The van der Waals surface area contributed by atoms with Crippen LogP contribution in [-0.4, -0.2) is 59.2 Å². The molecule has 31 heavy (non-hydrogen) atoms. The van der Waals surface area contributed by atoms with Gasteiger partial charge in [-0.3, -0.25) is 10.8 Å². The van der Waals surface area contributed by atoms with Crippen LogP contribution >= 0.6 is 0 Å². The zero-order chi connectivity index (χ0) is 22.0. The topological polar surface area (TPSA) is 140 Å². The van der Waals surface area contributed by atoms with E-state index in [1.165, 1.54) is 6.20 Å². The van der Waals surface area contributed by atoms with Gasteiger partial charge in [0.05, 0.1) is 11.3 Å². The molecule has 2 atom stereocenters. The number of aliphatic imine (C=N–C) groups is 1. The minimum absolute atomic E-state index is 0.238. The molecule has 9 heteroatoms. The van der Waals surface area contributed by atoms with E-state index in [-0.39, 0.29) is 11.8 Å². The van der Waals surface area contributed by atoms with Gasteiger partial charge in [0.25, 0.3) is 0 Å². The van der Waals surface area contributed by atoms with Gasteiger partial charge in [-0.2, -0.15) is 0 Å². The number of hydrogen-bond donors (Lipinski definition) is 4. The molecule has 1 saturated carbocycles. The highest BCUT2D eigenvalue weighted by atomic mass is 16.4. The molecule has 5 N–H and O–H groups in total. The second kappa shape index (κ2) is 8.81. The van der Waals surface area contributed by atoms with Gasteiger partial charge in [0.15, 0.2) is 0 Å². The van der Waals surface area contributed by atoms with Gasteiger partial charge in [-0.05, 0) is 43.9 Å². The number of benzene rings is 1. The summed E-state index contributed by atoms with van der Waals surface area (Å²) in [7, 11) is 2.17. The molecule has 2 aliphatic rings. The number of nitrogens with two attached hydrogens (primary N) is 1. The molecular formula is C22H28N8O. The molecule has 1 aliphatic heterocycles. The first-order valence-corrected chi connectivity index (χ1v) is 10.4. The molecule has 162 valence electrons. The second-order valence-electron chi connectivity index (χ2n) is 8.32. The van der Waals surface area contributed by atoms with Crippen LogP contribution in [0.3, 0.4) is 0 Å². The van der Waals surface area contributed by atoms with E-state index in [0.717, 1.165) is 37.8 Å². The molecular weight excluding hydrogens is 392 g/mol. The van der Waals surface area contributed by atoms with Crippen molar-refractivity contribution in [3.8, 4) is 11.5 Å². The Labute approximate surface area is 181 Å². The van der Waals surface area contributed by atoms with Gasteiger partial charge in [0.2, 0.25) is 11.8 Å². The molecule has 0 amide bonds. The van der Waals surface area contributed by atoms with Crippen molar-refractivity contribution >= 4 is 17.9 Å². The maximum Gasteiger partial charge on any atom is 0.247 e. The lowest BCUT2D eigenvalue weighted by Crippen LogP contribution is -2.37. The zero-order valence-corrected chi connectivity index (χ0v) is 17.8. The molecule has 2 heterocycles. The summed E-state index contributed by atoms with van der Waals surface area (Å²) in [5.74, 6) is 2.79. The predicted octanol–water partition coefficient (Wildman–Crippen LogP) is 2.19. The van der Waals surface area contributed by atoms with E-state index in [0.29, 0.717) is 40.6 Å². The molecule has 1 saturated heterocycles. The van der Waals surface area contributed by atoms with Crippen LogP contribution in [0.5, 0.6) is 0 Å². The molecule has 2 aromatic rings. The number of nitrogens with zero attached hydrogens (tertiary/aromatic N) is 4. The smallest absolute Gasteiger partial charge is 0.247 e. The standard InChI is InChI=1S/C22H28N8O/c1-13-28-29-22(31-13)15-5-3-14(4-6-15)20(25)19(9-23)21(26-12-24)27-18-7-16-10-30(2)11-17(16)8-18/h3-6,9,12,16-18,25H,7-8,10-11,23H2,1-2H3,(H2,24,26,27)/b19-9+,25-20?. The Hall–Kier alpha value is -3.33. The highest BCUT2D eigenvalue weighted by molar-refractivity contribution is 6.29. The zero-order valence-electron chi connectivity index (χ0n) is 17.8. The monoisotopic (exact) mass is 420 g/mol. The summed E-state index contributed by atoms with van der Waals surface area (Å²) in [6, 6.07) is 7.58. The maximum atomic E-state index is 8.70. The third-order valence-corrected chi connectivity index (χ3v) is 6.11. The Morgan fingerprint density at radius 3 is 2.45 bits per heavy atom. The Morgan fingerprint density at radius 2 is 1.90 bits per heavy atom. The summed E-state index contributed by atoms with van der Waals surface area (Å²) >= 11 is 0. The van der Waals surface area contributed by atoms with Gasteiger partial charge in [0, 0.05) is 43.4 Å². The molecule has 0 radical (unpaired) electrons. The maximum absolute atomic E-state index is 8.70. The lowest BCUT2D eigenvalue weighted by Gasteiger charge is -2.20. The third kappa shape index (κ3) is 4.41. The molecule has 1 aromatic heterocycles. The van der Waals surface area contributed by atoms with Crippen LogP contribution in [0.1, 0.15) is 24.3 Å². The summed E-state index contributed by atoms with van der Waals surface area (Å²) < 4.78 is 5.46. The predicted molar refractivity (Wildman–Crippen MR) is 120 cm³/mol. The van der Waals surface area contributed by atoms with Crippen LogP contribution in [0, 0.1) is 29.6 Å². The molecule has 0 bridgehead atoms. The van der Waals surface area contributed by atoms with E-state index in [2.05, 4.69) is 32.5 Å². The minimum atomic E-state index is 0.238. The SMILES string of the molecule is Cc1nnc(-c2ccc(C(=N)C(=C\N)/C(=N\C=N)NC3CC4CN(C)CC4C3)cc2)o1. The Morgan fingerprint density at radius 1 is 1.23 bits per heavy atom. The number of rotatable bonds is 6. The summed E-state index contributed by atoms with van der Waals surface area (Å²) in [4.78, 5) is 6.58. The van der Waals surface area contributed by atoms with Crippen LogP contribution in [0.25, 0.3) is 11.5 Å². The second-order valence-corrected chi connectivity index (χ2v) is 8.32. The van der Waals surface area contributed by atoms with Crippen LogP contribution in [0.2, 0.25) is 0 Å². The Balaban J connectivity index is 1.48. The Bertz CT molecular complexity index is 1010. The van der Waals surface area contributed by atoms with Crippen molar-refractivity contribution < 1.29 is 4.42 Å². The van der Waals surface area contributed by atoms with Gasteiger partial charge in [-0.15, -0.1) is 10.2 Å². The van der Waals surface area contributed by atoms with Crippen molar-refractivity contribution in [2.75, 3.05) is 20.1 Å². The van der Waals surface area contributed by atoms with Crippen molar-refractivity contribution in [3.05, 3.63) is 47.5 Å². The first kappa shape index (κ1) is 20.9. The molecule has 4 rings (SSSR count). The quantitative estimate of drug-likeness (QED) is 0.417. The summed E-state index contributed by atoms with van der Waals surface area (Å²) in [5, 5.41) is 27.5. The first-order chi connectivity index (χ1) is 15.0. The number of likely N-dealkylation sites (tertiary alicyclic amines) is 1. The van der Waals surface area contributed by atoms with Crippen molar-refractivity contribution in [1.82, 2.24) is 20.4 Å². The normalized spacial score (nSPS) is 24.3. The number of aryl methyl sites for hydroxylation is 1. The van der Waals surface area contributed by atoms with Gasteiger partial charge in [0.1, 0.15) is 12.2 Å². The first-order valence-electron chi connectivity index (χ1n) is 10.4. The summed E-state index contributed by atoms with van der Waals surface area (Å²) in [6.07, 6.45) is 4.51. The molecule has 2 unspecified atom stereocenters. The molecule has 0 spiro atoms. The van der Waals surface area contributed by atoms with Crippen molar-refractivity contribution in [2.24, 2.45) is 22.6 Å². The highest BCUT2D eigenvalue weighted by Gasteiger charge is 2.40. The number of amidine groups is 1. The Kier molecular flexibility index (Phi) is 5.94. The van der Waals surface area contributed by atoms with E-state index in [1.54, 1.807) is 6.92 Å². The summed E-state index contributed by atoms with van der Waals surface area (Å²) in [5.41, 5.74) is 8.08. The lowest BCUT2D eigenvalue weighted by molar-refractivity contribution is 0.367. The van der Waals surface area contributed by atoms with Crippen molar-refractivity contribution in [3.63, 3.8) is 0 Å². The molecule has 1 aromatic carbocycles. The van der Waals surface area contributed by atoms with Gasteiger partial charge < -0.3 is 20.4 Å². The van der Waals surface area contributed by atoms with Crippen molar-refractivity contribution in [2.45, 2.75) is 25.8 Å². The number of aromatic nitrogens is 2. The van der Waals surface area contributed by atoms with E-state index < -0.39 is 0 Å². The number of nitrogens with one attached hydrogen (secondary N) is 3. The van der Waals surface area contributed by atoms with E-state index >= 15 is 0 Å². The highest BCUT2D eigenvalue weighted by Crippen LogP contribution is 2.37. The van der Waals surface area contributed by atoms with E-state index in [9.17, 15) is 0 Å². The average Bonchev–Trinajstić information content (AvgIpc) is 3.43. The van der Waals surface area contributed by atoms with Gasteiger partial charge in [-0.25, -0.2) is 4.99 Å². The van der Waals surface area contributed by atoms with E-state index in [4.69, 9.17) is 21.0 Å². The van der Waals surface area contributed by atoms with Crippen molar-refractivity contribution in [1.29, 1.82) is 10.8 Å². The van der Waals surface area contributed by atoms with Gasteiger partial charge >= 0.3 is 0 Å². The van der Waals surface area contributed by atoms with Crippen LogP contribution in [0.4, 0.5) is 0 Å². The molecule has 9 nitrogen and oxygen atoms in total.